The molecule has 0 bridgehead atoms. The van der Waals surface area contributed by atoms with Crippen molar-refractivity contribution in [3.8, 4) is 11.1 Å². The zero-order valence-corrected chi connectivity index (χ0v) is 27.5. The predicted molar refractivity (Wildman–Crippen MR) is 189 cm³/mol. The molecule has 3 aromatic carbocycles. The summed E-state index contributed by atoms with van der Waals surface area (Å²) in [7, 11) is 0. The average Bonchev–Trinajstić information content (AvgIpc) is 3.08. The molecule has 0 saturated carbocycles. The molecule has 3 atom stereocenters. The van der Waals surface area contributed by atoms with Gasteiger partial charge >= 0.3 is 0 Å². The Morgan fingerprint density at radius 2 is 1.32 bits per heavy atom. The highest BCUT2D eigenvalue weighted by Crippen LogP contribution is 2.19. The van der Waals surface area contributed by atoms with Crippen molar-refractivity contribution in [3.63, 3.8) is 0 Å². The number of nitrogens with zero attached hydrogens (tertiary/aromatic N) is 1. The molecule has 0 aliphatic heterocycles. The number of aliphatic imine (C=N–C) groups is 1. The van der Waals surface area contributed by atoms with E-state index in [1.807, 2.05) is 84.9 Å². The first-order valence-corrected chi connectivity index (χ1v) is 16.4. The molecule has 8 N–H and O–H groups in total. The van der Waals surface area contributed by atoms with E-state index in [-0.39, 0.29) is 42.9 Å². The molecule has 0 spiro atoms. The molecule has 0 aliphatic rings. The second-order valence-electron chi connectivity index (χ2n) is 11.0. The van der Waals surface area contributed by atoms with Crippen molar-refractivity contribution >= 4 is 42.2 Å². The van der Waals surface area contributed by atoms with Crippen LogP contribution in [0, 0.1) is 0 Å². The van der Waals surface area contributed by atoms with Crippen LogP contribution in [0.2, 0.25) is 0 Å². The van der Waals surface area contributed by atoms with Crippen LogP contribution < -0.4 is 32.7 Å². The number of carbonyl (C=O) groups is 4. The highest BCUT2D eigenvalue weighted by atomic mass is 32.1. The number of benzene rings is 3. The van der Waals surface area contributed by atoms with Gasteiger partial charge in [0.25, 0.3) is 0 Å². The van der Waals surface area contributed by atoms with Gasteiger partial charge < -0.3 is 32.7 Å². The predicted octanol–water partition coefficient (Wildman–Crippen LogP) is 2.10. The van der Waals surface area contributed by atoms with Gasteiger partial charge in [-0.1, -0.05) is 91.9 Å². The van der Waals surface area contributed by atoms with Crippen LogP contribution in [0.3, 0.4) is 0 Å². The highest BCUT2D eigenvalue weighted by molar-refractivity contribution is 7.80. The summed E-state index contributed by atoms with van der Waals surface area (Å²) < 4.78 is 0. The molecule has 0 saturated heterocycles. The molecule has 4 amide bonds. The number of thiol groups is 1. The van der Waals surface area contributed by atoms with Crippen LogP contribution in [0.5, 0.6) is 0 Å². The van der Waals surface area contributed by atoms with Crippen molar-refractivity contribution < 1.29 is 19.2 Å². The van der Waals surface area contributed by atoms with Gasteiger partial charge in [-0.25, -0.2) is 0 Å². The molecule has 47 heavy (non-hydrogen) atoms. The van der Waals surface area contributed by atoms with Crippen LogP contribution in [0.4, 0.5) is 0 Å². The summed E-state index contributed by atoms with van der Waals surface area (Å²) in [5.74, 6) is -1.86. The van der Waals surface area contributed by atoms with Gasteiger partial charge in [0.1, 0.15) is 18.1 Å². The van der Waals surface area contributed by atoms with Gasteiger partial charge in [0.05, 0.1) is 6.42 Å². The first-order valence-electron chi connectivity index (χ1n) is 15.7. The smallest absolute Gasteiger partial charge is 0.244 e. The lowest BCUT2D eigenvalue weighted by atomic mass is 10.0. The van der Waals surface area contributed by atoms with E-state index in [1.165, 1.54) is 0 Å². The lowest BCUT2D eigenvalue weighted by Gasteiger charge is -2.24. The number of hydrogen-bond donors (Lipinski definition) is 7. The van der Waals surface area contributed by atoms with E-state index in [2.05, 4.69) is 38.9 Å². The Kier molecular flexibility index (Phi) is 15.3. The Bertz CT molecular complexity index is 1470. The van der Waals surface area contributed by atoms with Crippen LogP contribution in [0.15, 0.2) is 89.9 Å². The molecule has 3 rings (SSSR count). The van der Waals surface area contributed by atoms with Crippen LogP contribution in [0.1, 0.15) is 37.3 Å². The van der Waals surface area contributed by atoms with Crippen molar-refractivity contribution in [1.29, 1.82) is 0 Å². The van der Waals surface area contributed by atoms with Crippen molar-refractivity contribution in [3.05, 3.63) is 96.1 Å². The van der Waals surface area contributed by atoms with Gasteiger partial charge in [-0.3, -0.25) is 24.2 Å². The summed E-state index contributed by atoms with van der Waals surface area (Å²) in [5, 5.41) is 11.1. The van der Waals surface area contributed by atoms with Gasteiger partial charge in [0, 0.05) is 18.8 Å². The number of nitrogens with one attached hydrogen (secondary N) is 4. The van der Waals surface area contributed by atoms with Crippen LogP contribution in [-0.4, -0.2) is 66.6 Å². The maximum absolute atomic E-state index is 13.4. The summed E-state index contributed by atoms with van der Waals surface area (Å²) >= 11 is 4.27. The third kappa shape index (κ3) is 12.8. The maximum Gasteiger partial charge on any atom is 0.244 e. The van der Waals surface area contributed by atoms with Crippen molar-refractivity contribution in [2.45, 2.75) is 57.2 Å². The molecule has 0 aromatic heterocycles. The Morgan fingerprint density at radius 3 is 1.94 bits per heavy atom. The Labute approximate surface area is 281 Å². The zero-order valence-electron chi connectivity index (χ0n) is 26.7. The second kappa shape index (κ2) is 19.6. The van der Waals surface area contributed by atoms with Gasteiger partial charge in [0.2, 0.25) is 23.6 Å². The summed E-state index contributed by atoms with van der Waals surface area (Å²) in [6.07, 6.45) is 1.64. The summed E-state index contributed by atoms with van der Waals surface area (Å²) in [5.41, 5.74) is 14.8. The molecule has 11 nitrogen and oxygen atoms in total. The number of hydrogen-bond acceptors (Lipinski definition) is 6. The number of amides is 4. The maximum atomic E-state index is 13.4. The number of carbonyl (C=O) groups excluding carboxylic acids is 4. The van der Waals surface area contributed by atoms with E-state index < -0.39 is 29.9 Å². The largest absolute Gasteiger partial charge is 0.370 e. The summed E-state index contributed by atoms with van der Waals surface area (Å²) in [4.78, 5) is 56.4. The quantitative estimate of drug-likeness (QED) is 0.0475. The number of guanidine groups is 1. The van der Waals surface area contributed by atoms with Gasteiger partial charge in [-0.2, -0.15) is 12.6 Å². The molecule has 0 heterocycles. The van der Waals surface area contributed by atoms with Gasteiger partial charge in [0.15, 0.2) is 5.96 Å². The third-order valence-electron chi connectivity index (χ3n) is 7.44. The van der Waals surface area contributed by atoms with E-state index in [4.69, 9.17) is 11.5 Å². The monoisotopic (exact) mass is 659 g/mol. The molecule has 12 heteroatoms. The van der Waals surface area contributed by atoms with Crippen molar-refractivity contribution in [2.75, 3.05) is 18.8 Å². The standard InChI is InChI=1S/C35H45N7O4S/c1-2-28(32(44)38-21-19-24-10-5-3-6-11-24)41-33(45)29(14-9-20-39-35(36)37)42-34(46)30(23-47)40-31(43)22-25-15-17-27(18-16-25)26-12-7-4-8-13-26/h3-8,10-13,15-18,28-30,47H,2,9,14,19-23H2,1H3,(H,38,44)(H,40,43)(H,41,45)(H,42,46)(H4,36,37,39). The third-order valence-corrected chi connectivity index (χ3v) is 7.80. The minimum atomic E-state index is -1.01. The van der Waals surface area contributed by atoms with Crippen molar-refractivity contribution in [1.82, 2.24) is 21.3 Å². The normalized spacial score (nSPS) is 12.6. The van der Waals surface area contributed by atoms with Crippen LogP contribution >= 0.6 is 12.6 Å². The highest BCUT2D eigenvalue weighted by Gasteiger charge is 2.28. The topological polar surface area (TPSA) is 181 Å². The average molecular weight is 660 g/mol. The molecular formula is C35H45N7O4S. The molecule has 0 fully saturated rings. The van der Waals surface area contributed by atoms with E-state index in [0.29, 0.717) is 25.8 Å². The fourth-order valence-electron chi connectivity index (χ4n) is 4.84. The SMILES string of the molecule is CCC(NC(=O)C(CCCN=C(N)N)NC(=O)C(CS)NC(=O)Cc1ccc(-c2ccccc2)cc1)C(=O)NCCc1ccccc1. The lowest BCUT2D eigenvalue weighted by molar-refractivity contribution is -0.133. The fourth-order valence-corrected chi connectivity index (χ4v) is 5.10. The molecular weight excluding hydrogens is 614 g/mol. The minimum Gasteiger partial charge on any atom is -0.370 e. The van der Waals surface area contributed by atoms with E-state index >= 15 is 0 Å². The molecule has 250 valence electrons. The number of nitrogens with two attached hydrogens (primary N) is 2. The zero-order chi connectivity index (χ0) is 34.0. The van der Waals surface area contributed by atoms with E-state index in [1.54, 1.807) is 6.92 Å². The molecule has 3 unspecified atom stereocenters. The molecule has 3 aromatic rings. The van der Waals surface area contributed by atoms with Crippen molar-refractivity contribution in [2.24, 2.45) is 16.5 Å². The second-order valence-corrected chi connectivity index (χ2v) is 11.4. The van der Waals surface area contributed by atoms with Crippen LogP contribution in [-0.2, 0) is 32.0 Å². The van der Waals surface area contributed by atoms with E-state index in [9.17, 15) is 19.2 Å². The fraction of sp³-hybridized carbons (Fsp3) is 0.343. The van der Waals surface area contributed by atoms with Crippen LogP contribution in [0.25, 0.3) is 11.1 Å². The summed E-state index contributed by atoms with van der Waals surface area (Å²) in [6.45, 7) is 2.44. The van der Waals surface area contributed by atoms with Gasteiger partial charge in [-0.15, -0.1) is 0 Å². The first kappa shape index (κ1) is 36.6. The molecule has 0 radical (unpaired) electrons. The summed E-state index contributed by atoms with van der Waals surface area (Å²) in [6, 6.07) is 24.5. The minimum absolute atomic E-state index is 0.00820. The Morgan fingerprint density at radius 1 is 0.723 bits per heavy atom. The lowest BCUT2D eigenvalue weighted by Crippen LogP contribution is -2.57. The first-order chi connectivity index (χ1) is 22.7. The number of rotatable bonds is 18. The Balaban J connectivity index is 1.59. The van der Waals surface area contributed by atoms with Gasteiger partial charge in [-0.05, 0) is 47.9 Å². The van der Waals surface area contributed by atoms with E-state index in [0.717, 1.165) is 22.3 Å². The molecule has 0 aliphatic carbocycles. The Hall–Kier alpha value is -4.84.